The minimum Gasteiger partial charge on any atom is -0.297 e. The minimum atomic E-state index is 0.193. The van der Waals surface area contributed by atoms with E-state index in [0.717, 1.165) is 29.5 Å². The summed E-state index contributed by atoms with van der Waals surface area (Å²) in [5, 5.41) is 11.4. The number of rotatable bonds is 2. The molecular weight excluding hydrogens is 334 g/mol. The Morgan fingerprint density at radius 2 is 1.76 bits per heavy atom. The van der Waals surface area contributed by atoms with Gasteiger partial charge in [0.2, 0.25) is 0 Å². The summed E-state index contributed by atoms with van der Waals surface area (Å²) >= 11 is 6.37. The van der Waals surface area contributed by atoms with Crippen LogP contribution < -0.4 is 0 Å². The van der Waals surface area contributed by atoms with Gasteiger partial charge in [-0.1, -0.05) is 53.1 Å². The van der Waals surface area contributed by atoms with Crippen molar-refractivity contribution < 1.29 is 0 Å². The van der Waals surface area contributed by atoms with E-state index in [1.807, 2.05) is 51.4 Å². The molecule has 0 aromatic carbocycles. The van der Waals surface area contributed by atoms with Crippen molar-refractivity contribution in [2.45, 2.75) is 61.3 Å². The highest BCUT2D eigenvalue weighted by Gasteiger charge is 2.30. The first-order chi connectivity index (χ1) is 11.9. The molecule has 140 valence electrons. The number of allylic oxidation sites excluding steroid dienone is 1. The zero-order chi connectivity index (χ0) is 19.3. The summed E-state index contributed by atoms with van der Waals surface area (Å²) in [5.74, 6) is 1.42. The molecule has 1 aromatic heterocycles. The van der Waals surface area contributed by atoms with E-state index in [9.17, 15) is 0 Å². The highest BCUT2D eigenvalue weighted by molar-refractivity contribution is 6.76. The van der Waals surface area contributed by atoms with Gasteiger partial charge in [0.05, 0.1) is 17.3 Å². The van der Waals surface area contributed by atoms with Crippen LogP contribution in [0.3, 0.4) is 0 Å². The standard InChI is InChI=1S/C15H20ClN5.2C2H6/c1-8(2)13-9(3)18-21(10(13)4)12-6-11-7-20(5)19-15(11)17-14(12)16;2*1-2/h6,8,11H,7H2,1-5H3;2*1-2H3. The number of dihydropyridines is 1. The average Bonchev–Trinajstić information content (AvgIpc) is 3.08. The van der Waals surface area contributed by atoms with E-state index in [1.54, 1.807) is 0 Å². The van der Waals surface area contributed by atoms with Crippen LogP contribution in [0.1, 0.15) is 64.4 Å². The molecule has 0 saturated heterocycles. The van der Waals surface area contributed by atoms with Gasteiger partial charge in [0.15, 0.2) is 11.0 Å². The van der Waals surface area contributed by atoms with Crippen molar-refractivity contribution in [2.75, 3.05) is 13.6 Å². The van der Waals surface area contributed by atoms with Gasteiger partial charge >= 0.3 is 0 Å². The number of amidine groups is 1. The summed E-state index contributed by atoms with van der Waals surface area (Å²) in [4.78, 5) is 4.44. The molecule has 0 saturated carbocycles. The summed E-state index contributed by atoms with van der Waals surface area (Å²) in [6, 6.07) is 0. The van der Waals surface area contributed by atoms with E-state index < -0.39 is 0 Å². The number of halogens is 1. The van der Waals surface area contributed by atoms with E-state index in [1.165, 1.54) is 5.56 Å². The number of fused-ring (bicyclic) bond motifs is 1. The first-order valence-corrected chi connectivity index (χ1v) is 9.58. The van der Waals surface area contributed by atoms with E-state index >= 15 is 0 Å². The molecule has 0 bridgehead atoms. The number of aryl methyl sites for hydroxylation is 1. The van der Waals surface area contributed by atoms with Crippen LogP contribution in [0, 0.1) is 19.8 Å². The van der Waals surface area contributed by atoms with Crippen LogP contribution in [0.4, 0.5) is 0 Å². The second-order valence-electron chi connectivity index (χ2n) is 6.01. The number of nitrogens with zero attached hydrogens (tertiary/aromatic N) is 5. The third kappa shape index (κ3) is 4.32. The zero-order valence-corrected chi connectivity index (χ0v) is 17.8. The Kier molecular flexibility index (Phi) is 7.87. The van der Waals surface area contributed by atoms with E-state index in [4.69, 9.17) is 11.6 Å². The first-order valence-electron chi connectivity index (χ1n) is 9.21. The maximum absolute atomic E-state index is 6.37. The molecule has 5 nitrogen and oxygen atoms in total. The monoisotopic (exact) mass is 365 g/mol. The van der Waals surface area contributed by atoms with Crippen molar-refractivity contribution in [1.82, 2.24) is 14.8 Å². The second kappa shape index (κ2) is 9.18. The third-order valence-electron chi connectivity index (χ3n) is 4.00. The quantitative estimate of drug-likeness (QED) is 0.736. The normalized spacial score (nSPS) is 18.4. The van der Waals surface area contributed by atoms with Crippen LogP contribution in [0.25, 0.3) is 5.70 Å². The lowest BCUT2D eigenvalue weighted by molar-refractivity contribution is 0.376. The van der Waals surface area contributed by atoms with Gasteiger partial charge in [-0.25, -0.2) is 9.67 Å². The van der Waals surface area contributed by atoms with Crippen molar-refractivity contribution in [3.05, 3.63) is 23.0 Å². The Balaban J connectivity index is 0.000000730. The molecule has 6 heteroatoms. The van der Waals surface area contributed by atoms with Crippen LogP contribution in [0.2, 0.25) is 0 Å². The van der Waals surface area contributed by atoms with Gasteiger partial charge in [-0.2, -0.15) is 10.2 Å². The van der Waals surface area contributed by atoms with Crippen molar-refractivity contribution in [1.29, 1.82) is 0 Å². The molecule has 0 aliphatic carbocycles. The summed E-state index contributed by atoms with van der Waals surface area (Å²) in [6.45, 7) is 17.3. The largest absolute Gasteiger partial charge is 0.297 e. The van der Waals surface area contributed by atoms with Gasteiger partial charge in [0.25, 0.3) is 0 Å². The van der Waals surface area contributed by atoms with Crippen molar-refractivity contribution in [3.63, 3.8) is 0 Å². The predicted octanol–water partition coefficient (Wildman–Crippen LogP) is 5.04. The third-order valence-corrected chi connectivity index (χ3v) is 4.28. The van der Waals surface area contributed by atoms with Crippen LogP contribution in [-0.2, 0) is 0 Å². The van der Waals surface area contributed by atoms with Gasteiger partial charge in [-0.3, -0.25) is 5.01 Å². The summed E-state index contributed by atoms with van der Waals surface area (Å²) in [6.07, 6.45) is 2.13. The molecule has 2 aliphatic rings. The highest BCUT2D eigenvalue weighted by atomic mass is 35.5. The van der Waals surface area contributed by atoms with Crippen molar-refractivity contribution >= 4 is 28.3 Å². The molecule has 3 heterocycles. The van der Waals surface area contributed by atoms with E-state index in [0.29, 0.717) is 11.1 Å². The number of hydrogen-bond acceptors (Lipinski definition) is 4. The van der Waals surface area contributed by atoms with Crippen molar-refractivity contribution in [2.24, 2.45) is 16.0 Å². The fourth-order valence-electron chi connectivity index (χ4n) is 3.19. The molecule has 3 rings (SSSR count). The maximum atomic E-state index is 6.37. The fourth-order valence-corrected chi connectivity index (χ4v) is 3.42. The maximum Gasteiger partial charge on any atom is 0.158 e. The predicted molar refractivity (Wildman–Crippen MR) is 110 cm³/mol. The van der Waals surface area contributed by atoms with Gasteiger partial charge in [-0.15, -0.1) is 0 Å². The number of hydrazone groups is 1. The first kappa shape index (κ1) is 21.4. The lowest BCUT2D eigenvalue weighted by Crippen LogP contribution is -2.21. The molecule has 0 amide bonds. The number of hydrogen-bond donors (Lipinski definition) is 0. The Morgan fingerprint density at radius 3 is 2.28 bits per heavy atom. The van der Waals surface area contributed by atoms with Crippen LogP contribution >= 0.6 is 11.6 Å². The van der Waals surface area contributed by atoms with Gasteiger partial charge in [0.1, 0.15) is 0 Å². The molecule has 25 heavy (non-hydrogen) atoms. The minimum absolute atomic E-state index is 0.193. The Hall–Kier alpha value is -1.62. The molecule has 0 N–H and O–H groups in total. The topological polar surface area (TPSA) is 45.8 Å². The number of aliphatic imine (C=N–C) groups is 1. The molecule has 1 aromatic rings. The molecule has 2 aliphatic heterocycles. The lowest BCUT2D eigenvalue weighted by atomic mass is 10.0. The fraction of sp³-hybridized carbons (Fsp3) is 0.632. The van der Waals surface area contributed by atoms with E-state index in [2.05, 4.69) is 42.0 Å². The SMILES string of the molecule is CC.CC.Cc1nn(C2=CC3CN(C)N=C3N=C2Cl)c(C)c1C(C)C. The van der Waals surface area contributed by atoms with Crippen LogP contribution in [0.15, 0.2) is 16.2 Å². The second-order valence-corrected chi connectivity index (χ2v) is 6.37. The molecule has 0 radical (unpaired) electrons. The smallest absolute Gasteiger partial charge is 0.158 e. The molecule has 1 atom stereocenters. The Morgan fingerprint density at radius 1 is 1.16 bits per heavy atom. The molecule has 0 spiro atoms. The van der Waals surface area contributed by atoms with E-state index in [-0.39, 0.29) is 5.92 Å². The molecule has 1 unspecified atom stereocenters. The van der Waals surface area contributed by atoms with Crippen LogP contribution in [-0.4, -0.2) is 39.4 Å². The lowest BCUT2D eigenvalue weighted by Gasteiger charge is -2.16. The van der Waals surface area contributed by atoms with Crippen molar-refractivity contribution in [3.8, 4) is 0 Å². The molecule has 0 fully saturated rings. The van der Waals surface area contributed by atoms with Gasteiger partial charge in [0, 0.05) is 19.3 Å². The Labute approximate surface area is 157 Å². The average molecular weight is 366 g/mol. The van der Waals surface area contributed by atoms with Gasteiger partial charge in [-0.05, 0) is 31.4 Å². The Bertz CT molecular complexity index is 682. The van der Waals surface area contributed by atoms with Gasteiger partial charge < -0.3 is 0 Å². The number of aromatic nitrogens is 2. The summed E-state index contributed by atoms with van der Waals surface area (Å²) in [7, 11) is 1.95. The summed E-state index contributed by atoms with van der Waals surface area (Å²) < 4.78 is 1.92. The molecular formula is C19H32ClN5. The summed E-state index contributed by atoms with van der Waals surface area (Å²) in [5.41, 5.74) is 4.33. The van der Waals surface area contributed by atoms with Crippen LogP contribution in [0.5, 0.6) is 0 Å². The highest BCUT2D eigenvalue weighted by Crippen LogP contribution is 2.29. The zero-order valence-electron chi connectivity index (χ0n) is 17.1.